The number of hydrogen-bond acceptors (Lipinski definition) is 10. The fraction of sp³-hybridized carbons (Fsp3) is 0.429. The third-order valence-electron chi connectivity index (χ3n) is 3.51. The minimum absolute atomic E-state index is 0.00859. The number of phenols is 3. The summed E-state index contributed by atoms with van der Waals surface area (Å²) in [5.41, 5.74) is -3.65. The molecule has 24 heavy (non-hydrogen) atoms. The van der Waals surface area contributed by atoms with Gasteiger partial charge in [-0.3, -0.25) is 4.79 Å². The van der Waals surface area contributed by atoms with Gasteiger partial charge in [-0.25, -0.2) is 0 Å². The summed E-state index contributed by atoms with van der Waals surface area (Å²) in [5.74, 6) is -4.15. The molecule has 0 amide bonds. The van der Waals surface area contributed by atoms with Gasteiger partial charge < -0.3 is 45.3 Å². The number of Topliss-reactive ketones (excluding diaryl/α,β-unsaturated/α-hetero) is 1. The summed E-state index contributed by atoms with van der Waals surface area (Å²) in [5, 5.41) is 67.2. The van der Waals surface area contributed by atoms with E-state index >= 15 is 0 Å². The predicted molar refractivity (Wildman–Crippen MR) is 76.7 cm³/mol. The molecular formula is C14H18O10. The number of aliphatic hydroxyl groups is 4. The normalized spacial score (nSPS) is 17.5. The number of ketones is 1. The first-order valence-electron chi connectivity index (χ1n) is 6.62. The van der Waals surface area contributed by atoms with Crippen molar-refractivity contribution in [3.05, 3.63) is 17.7 Å². The largest absolute Gasteiger partial charge is 0.504 e. The highest BCUT2D eigenvalue weighted by molar-refractivity contribution is 6.05. The molecular weight excluding hydrogens is 328 g/mol. The average Bonchev–Trinajstić information content (AvgIpc) is 2.57. The molecule has 0 unspecified atom stereocenters. The molecule has 0 saturated carbocycles. The first-order valence-corrected chi connectivity index (χ1v) is 6.62. The van der Waals surface area contributed by atoms with Crippen LogP contribution in [-0.4, -0.2) is 85.4 Å². The van der Waals surface area contributed by atoms with E-state index in [1.54, 1.807) is 0 Å². The van der Waals surface area contributed by atoms with E-state index in [4.69, 9.17) is 5.11 Å². The molecule has 0 aliphatic carbocycles. The molecule has 1 rings (SSSR count). The SMILES string of the molecule is CO[C@@H](C=O)[C@](O)(C(=O)c1cc(O)c(O)c(O)c1)[C@H](O)[C@H](O)CO. The molecule has 10 heteroatoms. The Bertz CT molecular complexity index is 593. The van der Waals surface area contributed by atoms with Gasteiger partial charge in [-0.1, -0.05) is 0 Å². The third-order valence-corrected chi connectivity index (χ3v) is 3.51. The van der Waals surface area contributed by atoms with E-state index in [1.165, 1.54) is 0 Å². The molecule has 10 nitrogen and oxygen atoms in total. The maximum Gasteiger partial charge on any atom is 0.200 e. The van der Waals surface area contributed by atoms with Crippen molar-refractivity contribution in [2.75, 3.05) is 13.7 Å². The lowest BCUT2D eigenvalue weighted by atomic mass is 9.80. The van der Waals surface area contributed by atoms with Crippen LogP contribution in [0.4, 0.5) is 0 Å². The molecule has 0 heterocycles. The summed E-state index contributed by atoms with van der Waals surface area (Å²) in [6.45, 7) is -1.04. The van der Waals surface area contributed by atoms with Crippen molar-refractivity contribution in [2.24, 2.45) is 0 Å². The lowest BCUT2D eigenvalue weighted by Crippen LogP contribution is -2.63. The number of aliphatic hydroxyl groups excluding tert-OH is 3. The summed E-state index contributed by atoms with van der Waals surface area (Å²) in [6.07, 6.45) is -6.30. The van der Waals surface area contributed by atoms with Crippen LogP contribution in [0.3, 0.4) is 0 Å². The summed E-state index contributed by atoms with van der Waals surface area (Å²) < 4.78 is 4.64. The Kier molecular flexibility index (Phi) is 6.23. The molecule has 0 spiro atoms. The molecule has 0 saturated heterocycles. The van der Waals surface area contributed by atoms with Gasteiger partial charge in [0.1, 0.15) is 12.2 Å². The molecule has 0 radical (unpaired) electrons. The van der Waals surface area contributed by atoms with Crippen molar-refractivity contribution in [2.45, 2.75) is 23.9 Å². The molecule has 0 aliphatic heterocycles. The molecule has 0 aromatic heterocycles. The van der Waals surface area contributed by atoms with E-state index in [2.05, 4.69) is 4.74 Å². The van der Waals surface area contributed by atoms with Crippen LogP contribution >= 0.6 is 0 Å². The number of carbonyl (C=O) groups excluding carboxylic acids is 2. The van der Waals surface area contributed by atoms with Crippen LogP contribution in [-0.2, 0) is 9.53 Å². The number of methoxy groups -OCH3 is 1. The van der Waals surface area contributed by atoms with E-state index in [-0.39, 0.29) is 6.29 Å². The van der Waals surface area contributed by atoms with E-state index < -0.39 is 59.1 Å². The number of aromatic hydroxyl groups is 3. The van der Waals surface area contributed by atoms with Crippen LogP contribution in [0.15, 0.2) is 12.1 Å². The molecule has 134 valence electrons. The Hall–Kier alpha value is -2.24. The minimum Gasteiger partial charge on any atom is -0.504 e. The quantitative estimate of drug-likeness (QED) is 0.153. The maximum absolute atomic E-state index is 12.6. The second kappa shape index (κ2) is 7.55. The predicted octanol–water partition coefficient (Wildman–Crippen LogP) is -2.35. The molecule has 0 aliphatic rings. The van der Waals surface area contributed by atoms with E-state index in [9.17, 15) is 40.2 Å². The zero-order chi connectivity index (χ0) is 18.7. The fourth-order valence-electron chi connectivity index (χ4n) is 2.13. The summed E-state index contributed by atoms with van der Waals surface area (Å²) in [7, 11) is 0.946. The van der Waals surface area contributed by atoms with Gasteiger partial charge in [0.25, 0.3) is 0 Å². The van der Waals surface area contributed by atoms with Gasteiger partial charge in [0.15, 0.2) is 35.2 Å². The summed E-state index contributed by atoms with van der Waals surface area (Å²) in [4.78, 5) is 23.6. The highest BCUT2D eigenvalue weighted by Gasteiger charge is 2.53. The van der Waals surface area contributed by atoms with Crippen molar-refractivity contribution in [3.63, 3.8) is 0 Å². The van der Waals surface area contributed by atoms with Gasteiger partial charge in [-0.15, -0.1) is 0 Å². The second-order valence-electron chi connectivity index (χ2n) is 5.00. The van der Waals surface area contributed by atoms with Crippen molar-refractivity contribution in [1.29, 1.82) is 0 Å². The summed E-state index contributed by atoms with van der Waals surface area (Å²) in [6, 6.07) is 1.33. The maximum atomic E-state index is 12.6. The topological polar surface area (TPSA) is 185 Å². The van der Waals surface area contributed by atoms with Crippen LogP contribution in [0.2, 0.25) is 0 Å². The number of carbonyl (C=O) groups is 2. The molecule has 1 aromatic rings. The Balaban J connectivity index is 3.49. The molecule has 0 fully saturated rings. The van der Waals surface area contributed by atoms with E-state index in [0.29, 0.717) is 12.1 Å². The number of hydrogen-bond donors (Lipinski definition) is 7. The van der Waals surface area contributed by atoms with Gasteiger partial charge in [-0.2, -0.15) is 0 Å². The second-order valence-corrected chi connectivity index (χ2v) is 5.00. The van der Waals surface area contributed by atoms with Crippen LogP contribution in [0.1, 0.15) is 10.4 Å². The third kappa shape index (κ3) is 3.32. The first-order chi connectivity index (χ1) is 11.1. The first kappa shape index (κ1) is 19.8. The number of benzene rings is 1. The van der Waals surface area contributed by atoms with Crippen LogP contribution in [0.25, 0.3) is 0 Å². The average molecular weight is 346 g/mol. The van der Waals surface area contributed by atoms with E-state index in [0.717, 1.165) is 7.11 Å². The lowest BCUT2D eigenvalue weighted by Gasteiger charge is -2.36. The van der Waals surface area contributed by atoms with E-state index in [1.807, 2.05) is 0 Å². The Morgan fingerprint density at radius 3 is 2.12 bits per heavy atom. The van der Waals surface area contributed by atoms with Crippen molar-refractivity contribution >= 4 is 12.1 Å². The van der Waals surface area contributed by atoms with Gasteiger partial charge in [0.2, 0.25) is 5.78 Å². The van der Waals surface area contributed by atoms with Gasteiger partial charge in [0, 0.05) is 12.7 Å². The smallest absolute Gasteiger partial charge is 0.200 e. The number of rotatable bonds is 8. The fourth-order valence-corrected chi connectivity index (χ4v) is 2.13. The number of ether oxygens (including phenoxy) is 1. The molecule has 0 bridgehead atoms. The molecule has 7 N–H and O–H groups in total. The standard InChI is InChI=1S/C14H18O10/c1-24-10(5-16)14(23,13(22)9(19)4-15)12(21)6-2-7(17)11(20)8(18)3-6/h2-3,5,9-10,13,15,17-20,22-23H,4H2,1H3/t9-,10+,13-,14+/m1/s1. The van der Waals surface area contributed by atoms with Crippen LogP contribution < -0.4 is 0 Å². The van der Waals surface area contributed by atoms with Crippen LogP contribution in [0, 0.1) is 0 Å². The van der Waals surface area contributed by atoms with Crippen molar-refractivity contribution < 1.29 is 50.1 Å². The van der Waals surface area contributed by atoms with Gasteiger partial charge in [0.05, 0.1) is 6.61 Å². The molecule has 1 aromatic carbocycles. The minimum atomic E-state index is -3.05. The van der Waals surface area contributed by atoms with Gasteiger partial charge >= 0.3 is 0 Å². The number of phenolic OH excluding ortho intramolecular Hbond substituents is 3. The zero-order valence-corrected chi connectivity index (χ0v) is 12.5. The number of aldehydes is 1. The zero-order valence-electron chi connectivity index (χ0n) is 12.5. The highest BCUT2D eigenvalue weighted by atomic mass is 16.5. The summed E-state index contributed by atoms with van der Waals surface area (Å²) >= 11 is 0. The Morgan fingerprint density at radius 2 is 1.75 bits per heavy atom. The monoisotopic (exact) mass is 346 g/mol. The highest BCUT2D eigenvalue weighted by Crippen LogP contribution is 2.37. The van der Waals surface area contributed by atoms with Crippen molar-refractivity contribution in [1.82, 2.24) is 0 Å². The Morgan fingerprint density at radius 1 is 1.25 bits per heavy atom. The lowest BCUT2D eigenvalue weighted by molar-refractivity contribution is -0.166. The Labute approximate surface area is 135 Å². The van der Waals surface area contributed by atoms with Crippen molar-refractivity contribution in [3.8, 4) is 17.2 Å². The van der Waals surface area contributed by atoms with Crippen LogP contribution in [0.5, 0.6) is 17.2 Å². The molecule has 4 atom stereocenters. The van der Waals surface area contributed by atoms with Gasteiger partial charge in [-0.05, 0) is 12.1 Å².